The molecular formula is C10H23NO3. The lowest BCUT2D eigenvalue weighted by atomic mass is 9.84. The van der Waals surface area contributed by atoms with E-state index in [1.54, 1.807) is 7.11 Å². The van der Waals surface area contributed by atoms with Crippen molar-refractivity contribution in [3.05, 3.63) is 0 Å². The lowest BCUT2D eigenvalue weighted by Gasteiger charge is -2.33. The monoisotopic (exact) mass is 205 g/mol. The number of methoxy groups -OCH3 is 1. The Labute approximate surface area is 86.4 Å². The van der Waals surface area contributed by atoms with Crippen LogP contribution in [-0.2, 0) is 9.47 Å². The van der Waals surface area contributed by atoms with Crippen LogP contribution in [0.15, 0.2) is 0 Å². The van der Waals surface area contributed by atoms with Gasteiger partial charge in [-0.3, -0.25) is 0 Å². The van der Waals surface area contributed by atoms with E-state index in [2.05, 4.69) is 0 Å². The predicted octanol–water partition coefficient (Wildman–Crippen LogP) is 0.384. The molecule has 0 aromatic rings. The summed E-state index contributed by atoms with van der Waals surface area (Å²) in [5.41, 5.74) is 5.89. The second-order valence-electron chi connectivity index (χ2n) is 4.48. The molecule has 0 aromatic heterocycles. The standard InChI is InChI=1S/C10H23NO3/c1-10(2,3)9(11)8(7-12)14-6-5-13-4/h8-9,12H,5-7,11H2,1-4H3. The first-order valence-corrected chi connectivity index (χ1v) is 4.90. The van der Waals surface area contributed by atoms with Gasteiger partial charge in [-0.15, -0.1) is 0 Å². The molecular weight excluding hydrogens is 182 g/mol. The Balaban J connectivity index is 3.99. The number of aliphatic hydroxyl groups excluding tert-OH is 1. The molecule has 0 rings (SSSR count). The lowest BCUT2D eigenvalue weighted by Crippen LogP contribution is -2.48. The molecule has 0 saturated carbocycles. The molecule has 0 aliphatic rings. The first kappa shape index (κ1) is 13.8. The van der Waals surface area contributed by atoms with Crippen molar-refractivity contribution < 1.29 is 14.6 Å². The fourth-order valence-corrected chi connectivity index (χ4v) is 1.11. The van der Waals surface area contributed by atoms with E-state index in [4.69, 9.17) is 20.3 Å². The fourth-order valence-electron chi connectivity index (χ4n) is 1.11. The number of aliphatic hydroxyl groups is 1. The van der Waals surface area contributed by atoms with Crippen LogP contribution in [0.3, 0.4) is 0 Å². The maximum Gasteiger partial charge on any atom is 0.0962 e. The van der Waals surface area contributed by atoms with Gasteiger partial charge in [-0.25, -0.2) is 0 Å². The number of hydrogen-bond donors (Lipinski definition) is 2. The molecule has 0 saturated heterocycles. The number of rotatable bonds is 6. The Bertz CT molecular complexity index is 145. The van der Waals surface area contributed by atoms with E-state index in [-0.39, 0.29) is 24.2 Å². The fraction of sp³-hybridized carbons (Fsp3) is 1.00. The van der Waals surface area contributed by atoms with Gasteiger partial charge in [0.1, 0.15) is 0 Å². The van der Waals surface area contributed by atoms with Crippen LogP contribution in [0.25, 0.3) is 0 Å². The van der Waals surface area contributed by atoms with E-state index >= 15 is 0 Å². The molecule has 2 atom stereocenters. The molecule has 3 N–H and O–H groups in total. The van der Waals surface area contributed by atoms with Gasteiger partial charge in [0.05, 0.1) is 25.9 Å². The molecule has 0 fully saturated rings. The molecule has 4 heteroatoms. The molecule has 0 spiro atoms. The van der Waals surface area contributed by atoms with Crippen LogP contribution in [-0.4, -0.2) is 44.2 Å². The zero-order valence-electron chi connectivity index (χ0n) is 9.62. The molecule has 2 unspecified atom stereocenters. The third-order valence-electron chi connectivity index (χ3n) is 2.20. The first-order chi connectivity index (χ1) is 6.43. The molecule has 0 aliphatic heterocycles. The van der Waals surface area contributed by atoms with E-state index < -0.39 is 0 Å². The molecule has 0 heterocycles. The highest BCUT2D eigenvalue weighted by Crippen LogP contribution is 2.21. The van der Waals surface area contributed by atoms with Crippen LogP contribution in [0, 0.1) is 5.41 Å². The van der Waals surface area contributed by atoms with Gasteiger partial charge in [-0.1, -0.05) is 20.8 Å². The third-order valence-corrected chi connectivity index (χ3v) is 2.20. The van der Waals surface area contributed by atoms with Gasteiger partial charge in [0, 0.05) is 13.2 Å². The highest BCUT2D eigenvalue weighted by molar-refractivity contribution is 4.84. The van der Waals surface area contributed by atoms with Gasteiger partial charge in [0.2, 0.25) is 0 Å². The van der Waals surface area contributed by atoms with Gasteiger partial charge in [-0.2, -0.15) is 0 Å². The molecule has 0 radical (unpaired) electrons. The minimum Gasteiger partial charge on any atom is -0.394 e. The first-order valence-electron chi connectivity index (χ1n) is 4.90. The topological polar surface area (TPSA) is 64.7 Å². The molecule has 0 amide bonds. The van der Waals surface area contributed by atoms with E-state index in [1.807, 2.05) is 20.8 Å². The van der Waals surface area contributed by atoms with Crippen LogP contribution >= 0.6 is 0 Å². The molecule has 0 bridgehead atoms. The number of nitrogens with two attached hydrogens (primary N) is 1. The molecule has 0 aliphatic carbocycles. The Morgan fingerprint density at radius 3 is 2.21 bits per heavy atom. The van der Waals surface area contributed by atoms with Crippen molar-refractivity contribution in [3.63, 3.8) is 0 Å². The van der Waals surface area contributed by atoms with E-state index in [1.165, 1.54) is 0 Å². The number of ether oxygens (including phenoxy) is 2. The van der Waals surface area contributed by atoms with Gasteiger partial charge in [0.15, 0.2) is 0 Å². The Morgan fingerprint density at radius 1 is 1.29 bits per heavy atom. The van der Waals surface area contributed by atoms with Crippen LogP contribution in [0.4, 0.5) is 0 Å². The van der Waals surface area contributed by atoms with Crippen molar-refractivity contribution in [1.82, 2.24) is 0 Å². The average Bonchev–Trinajstić information content (AvgIpc) is 2.10. The zero-order chi connectivity index (χ0) is 11.2. The molecule has 0 aromatic carbocycles. The Morgan fingerprint density at radius 2 is 1.86 bits per heavy atom. The molecule has 86 valence electrons. The summed E-state index contributed by atoms with van der Waals surface area (Å²) in [6.07, 6.45) is -0.315. The van der Waals surface area contributed by atoms with E-state index in [9.17, 15) is 0 Å². The van der Waals surface area contributed by atoms with Crippen molar-refractivity contribution in [2.24, 2.45) is 11.1 Å². The summed E-state index contributed by atoms with van der Waals surface area (Å²) in [5, 5.41) is 9.11. The van der Waals surface area contributed by atoms with Gasteiger partial charge in [0.25, 0.3) is 0 Å². The average molecular weight is 205 g/mol. The van der Waals surface area contributed by atoms with Gasteiger partial charge < -0.3 is 20.3 Å². The van der Waals surface area contributed by atoms with Gasteiger partial charge >= 0.3 is 0 Å². The van der Waals surface area contributed by atoms with E-state index in [0.717, 1.165) is 0 Å². The van der Waals surface area contributed by atoms with Crippen molar-refractivity contribution in [2.45, 2.75) is 32.9 Å². The second-order valence-corrected chi connectivity index (χ2v) is 4.48. The summed E-state index contributed by atoms with van der Waals surface area (Å²) in [6, 6.07) is -0.177. The summed E-state index contributed by atoms with van der Waals surface area (Å²) < 4.78 is 10.3. The SMILES string of the molecule is COCCOC(CO)C(N)C(C)(C)C. The van der Waals surface area contributed by atoms with Crippen LogP contribution in [0.5, 0.6) is 0 Å². The highest BCUT2D eigenvalue weighted by atomic mass is 16.5. The predicted molar refractivity (Wildman–Crippen MR) is 56.1 cm³/mol. The maximum absolute atomic E-state index is 9.11. The summed E-state index contributed by atoms with van der Waals surface area (Å²) >= 11 is 0. The third kappa shape index (κ3) is 4.91. The quantitative estimate of drug-likeness (QED) is 0.615. The Hall–Kier alpha value is -0.160. The van der Waals surface area contributed by atoms with E-state index in [0.29, 0.717) is 13.2 Å². The number of hydrogen-bond acceptors (Lipinski definition) is 4. The summed E-state index contributed by atoms with van der Waals surface area (Å²) in [6.45, 7) is 7.01. The van der Waals surface area contributed by atoms with Crippen LogP contribution in [0.2, 0.25) is 0 Å². The van der Waals surface area contributed by atoms with Crippen LogP contribution in [0.1, 0.15) is 20.8 Å². The summed E-state index contributed by atoms with van der Waals surface area (Å²) in [5.74, 6) is 0. The summed E-state index contributed by atoms with van der Waals surface area (Å²) in [4.78, 5) is 0. The summed E-state index contributed by atoms with van der Waals surface area (Å²) in [7, 11) is 1.61. The van der Waals surface area contributed by atoms with Crippen molar-refractivity contribution >= 4 is 0 Å². The van der Waals surface area contributed by atoms with Crippen molar-refractivity contribution in [1.29, 1.82) is 0 Å². The normalized spacial score (nSPS) is 16.7. The van der Waals surface area contributed by atoms with Crippen molar-refractivity contribution in [3.8, 4) is 0 Å². The maximum atomic E-state index is 9.11. The Kier molecular flexibility index (Phi) is 6.27. The smallest absolute Gasteiger partial charge is 0.0962 e. The van der Waals surface area contributed by atoms with Crippen molar-refractivity contribution in [2.75, 3.05) is 26.9 Å². The minimum atomic E-state index is -0.315. The lowest BCUT2D eigenvalue weighted by molar-refractivity contribution is -0.0407. The largest absolute Gasteiger partial charge is 0.394 e. The molecule has 14 heavy (non-hydrogen) atoms. The second kappa shape index (κ2) is 6.35. The van der Waals surface area contributed by atoms with Crippen LogP contribution < -0.4 is 5.73 Å². The molecule has 4 nitrogen and oxygen atoms in total. The minimum absolute atomic E-state index is 0.0534. The van der Waals surface area contributed by atoms with Gasteiger partial charge in [-0.05, 0) is 5.41 Å². The zero-order valence-corrected chi connectivity index (χ0v) is 9.62. The highest BCUT2D eigenvalue weighted by Gasteiger charge is 2.28.